The summed E-state index contributed by atoms with van der Waals surface area (Å²) in [7, 11) is 1.59. The summed E-state index contributed by atoms with van der Waals surface area (Å²) in [5.74, 6) is -1.07. The first-order chi connectivity index (χ1) is 9.58. The van der Waals surface area contributed by atoms with Crippen LogP contribution >= 0.6 is 0 Å². The molecule has 0 spiro atoms. The number of aromatic nitrogens is 2. The molecular weight excluding hydrogens is 264 g/mol. The third-order valence-corrected chi connectivity index (χ3v) is 2.73. The van der Waals surface area contributed by atoms with Crippen molar-refractivity contribution in [2.45, 2.75) is 13.5 Å². The van der Waals surface area contributed by atoms with Crippen LogP contribution in [0.15, 0.2) is 12.5 Å². The molecule has 0 aromatic carbocycles. The van der Waals surface area contributed by atoms with Crippen LogP contribution in [0.2, 0.25) is 0 Å². The largest absolute Gasteiger partial charge is 0.476 e. The lowest BCUT2D eigenvalue weighted by Gasteiger charge is -2.20. The maximum atomic E-state index is 11.8. The van der Waals surface area contributed by atoms with Crippen LogP contribution in [0.25, 0.3) is 0 Å². The Kier molecular flexibility index (Phi) is 6.51. The van der Waals surface area contributed by atoms with Gasteiger partial charge in [-0.25, -0.2) is 14.6 Å². The molecule has 1 rings (SSSR count). The number of methoxy groups -OCH3 is 1. The minimum Gasteiger partial charge on any atom is -0.476 e. The Labute approximate surface area is 117 Å². The van der Waals surface area contributed by atoms with Gasteiger partial charge in [0.05, 0.1) is 12.9 Å². The molecule has 1 heterocycles. The van der Waals surface area contributed by atoms with Gasteiger partial charge in [0.1, 0.15) is 0 Å². The molecule has 1 aromatic heterocycles. The Morgan fingerprint density at radius 2 is 2.30 bits per heavy atom. The van der Waals surface area contributed by atoms with Gasteiger partial charge in [0.25, 0.3) is 0 Å². The van der Waals surface area contributed by atoms with E-state index in [4.69, 9.17) is 9.84 Å². The molecule has 8 heteroatoms. The second-order valence-corrected chi connectivity index (χ2v) is 4.11. The van der Waals surface area contributed by atoms with Gasteiger partial charge in [-0.15, -0.1) is 0 Å². The first kappa shape index (κ1) is 16.0. The van der Waals surface area contributed by atoms with E-state index in [2.05, 4.69) is 10.3 Å². The van der Waals surface area contributed by atoms with E-state index in [-0.39, 0.29) is 11.7 Å². The number of hydrogen-bond acceptors (Lipinski definition) is 4. The average Bonchev–Trinajstić information content (AvgIpc) is 2.88. The average molecular weight is 284 g/mol. The number of carbonyl (C=O) groups is 2. The molecule has 0 saturated heterocycles. The van der Waals surface area contributed by atoms with Gasteiger partial charge in [0, 0.05) is 39.5 Å². The molecule has 0 saturated carbocycles. The van der Waals surface area contributed by atoms with Gasteiger partial charge < -0.3 is 24.6 Å². The molecule has 0 radical (unpaired) electrons. The third-order valence-electron chi connectivity index (χ3n) is 2.73. The summed E-state index contributed by atoms with van der Waals surface area (Å²) in [5.41, 5.74) is -0.00777. The Morgan fingerprint density at radius 1 is 1.55 bits per heavy atom. The van der Waals surface area contributed by atoms with Gasteiger partial charge >= 0.3 is 12.0 Å². The molecule has 1 aromatic rings. The van der Waals surface area contributed by atoms with E-state index in [1.165, 1.54) is 12.5 Å². The fourth-order valence-electron chi connectivity index (χ4n) is 1.60. The number of likely N-dealkylation sites (N-methyl/N-ethyl adjacent to an activating group) is 1. The summed E-state index contributed by atoms with van der Waals surface area (Å²) >= 11 is 0. The van der Waals surface area contributed by atoms with Gasteiger partial charge in [-0.05, 0) is 6.92 Å². The second kappa shape index (κ2) is 8.16. The van der Waals surface area contributed by atoms with Gasteiger partial charge in [0.2, 0.25) is 0 Å². The first-order valence-corrected chi connectivity index (χ1v) is 6.35. The lowest BCUT2D eigenvalue weighted by Crippen LogP contribution is -2.42. The topological polar surface area (TPSA) is 96.7 Å². The molecule has 0 aliphatic rings. The van der Waals surface area contributed by atoms with Crippen LogP contribution < -0.4 is 5.32 Å². The predicted octanol–water partition coefficient (Wildman–Crippen LogP) is 0.259. The van der Waals surface area contributed by atoms with Crippen molar-refractivity contribution >= 4 is 12.0 Å². The lowest BCUT2D eigenvalue weighted by molar-refractivity contribution is 0.0691. The van der Waals surface area contributed by atoms with Crippen molar-refractivity contribution in [2.24, 2.45) is 0 Å². The molecule has 0 bridgehead atoms. The number of carboxylic acid groups (broad SMARTS) is 1. The summed E-state index contributed by atoms with van der Waals surface area (Å²) < 4.78 is 6.55. The summed E-state index contributed by atoms with van der Waals surface area (Å²) in [5, 5.41) is 11.5. The highest BCUT2D eigenvalue weighted by Crippen LogP contribution is 1.96. The fraction of sp³-hybridized carbons (Fsp3) is 0.583. The Bertz CT molecular complexity index is 446. The van der Waals surface area contributed by atoms with Gasteiger partial charge in [0.15, 0.2) is 5.69 Å². The molecular formula is C12H20N4O4. The number of carbonyl (C=O) groups excluding carboxylic acids is 1. The van der Waals surface area contributed by atoms with Crippen molar-refractivity contribution in [1.29, 1.82) is 0 Å². The smallest absolute Gasteiger partial charge is 0.356 e. The van der Waals surface area contributed by atoms with Crippen molar-refractivity contribution in [1.82, 2.24) is 19.8 Å². The summed E-state index contributed by atoms with van der Waals surface area (Å²) in [6, 6.07) is -0.164. The Balaban J connectivity index is 2.34. The highest BCUT2D eigenvalue weighted by Gasteiger charge is 2.10. The minimum atomic E-state index is -1.07. The summed E-state index contributed by atoms with van der Waals surface area (Å²) in [6.45, 7) is 4.39. The predicted molar refractivity (Wildman–Crippen MR) is 71.7 cm³/mol. The Hall–Kier alpha value is -2.09. The molecule has 20 heavy (non-hydrogen) atoms. The third kappa shape index (κ3) is 4.88. The number of amides is 2. The van der Waals surface area contributed by atoms with E-state index >= 15 is 0 Å². The molecule has 112 valence electrons. The van der Waals surface area contributed by atoms with E-state index in [0.29, 0.717) is 32.8 Å². The maximum absolute atomic E-state index is 11.8. The number of rotatable bonds is 8. The SMILES string of the molecule is CCN(CCOC)C(=O)NCCn1cnc(C(=O)O)c1. The molecule has 2 amide bonds. The van der Waals surface area contributed by atoms with Crippen molar-refractivity contribution in [3.05, 3.63) is 18.2 Å². The number of aromatic carboxylic acids is 1. The number of nitrogens with one attached hydrogen (secondary N) is 1. The van der Waals surface area contributed by atoms with E-state index in [1.807, 2.05) is 6.92 Å². The van der Waals surface area contributed by atoms with E-state index < -0.39 is 5.97 Å². The number of ether oxygens (including phenoxy) is 1. The molecule has 2 N–H and O–H groups in total. The van der Waals surface area contributed by atoms with Crippen LogP contribution in [0.5, 0.6) is 0 Å². The highest BCUT2D eigenvalue weighted by molar-refractivity contribution is 5.84. The van der Waals surface area contributed by atoms with Crippen molar-refractivity contribution in [2.75, 3.05) is 33.4 Å². The van der Waals surface area contributed by atoms with Gasteiger partial charge in [-0.2, -0.15) is 0 Å². The number of hydrogen-bond donors (Lipinski definition) is 2. The fourth-order valence-corrected chi connectivity index (χ4v) is 1.60. The molecule has 0 atom stereocenters. The quantitative estimate of drug-likeness (QED) is 0.713. The van der Waals surface area contributed by atoms with E-state index in [0.717, 1.165) is 0 Å². The summed E-state index contributed by atoms with van der Waals surface area (Å²) in [6.07, 6.45) is 2.86. The highest BCUT2D eigenvalue weighted by atomic mass is 16.5. The minimum absolute atomic E-state index is 0.00777. The van der Waals surface area contributed by atoms with Crippen LogP contribution in [0.4, 0.5) is 4.79 Å². The molecule has 8 nitrogen and oxygen atoms in total. The van der Waals surface area contributed by atoms with E-state index in [1.54, 1.807) is 16.6 Å². The standard InChI is InChI=1S/C12H20N4O4/c1-3-16(6-7-20-2)12(19)13-4-5-15-8-10(11(17)18)14-9-15/h8-9H,3-7H2,1-2H3,(H,13,19)(H,17,18). The second-order valence-electron chi connectivity index (χ2n) is 4.11. The van der Waals surface area contributed by atoms with Crippen LogP contribution in [-0.4, -0.2) is 64.9 Å². The van der Waals surface area contributed by atoms with E-state index in [9.17, 15) is 9.59 Å². The number of carboxylic acids is 1. The lowest BCUT2D eigenvalue weighted by atomic mass is 10.5. The van der Waals surface area contributed by atoms with Crippen LogP contribution in [0.1, 0.15) is 17.4 Å². The number of urea groups is 1. The van der Waals surface area contributed by atoms with Crippen molar-refractivity contribution in [3.8, 4) is 0 Å². The first-order valence-electron chi connectivity index (χ1n) is 6.35. The zero-order valence-electron chi connectivity index (χ0n) is 11.7. The monoisotopic (exact) mass is 284 g/mol. The molecule has 0 unspecified atom stereocenters. The van der Waals surface area contributed by atoms with Crippen LogP contribution in [-0.2, 0) is 11.3 Å². The summed E-state index contributed by atoms with van der Waals surface area (Å²) in [4.78, 5) is 27.9. The van der Waals surface area contributed by atoms with Gasteiger partial charge in [-0.1, -0.05) is 0 Å². The number of nitrogens with zero attached hydrogens (tertiary/aromatic N) is 3. The zero-order valence-corrected chi connectivity index (χ0v) is 11.7. The molecule has 0 aliphatic heterocycles. The van der Waals surface area contributed by atoms with Crippen LogP contribution in [0.3, 0.4) is 0 Å². The molecule has 0 fully saturated rings. The van der Waals surface area contributed by atoms with Crippen molar-refractivity contribution in [3.63, 3.8) is 0 Å². The maximum Gasteiger partial charge on any atom is 0.356 e. The van der Waals surface area contributed by atoms with Crippen LogP contribution in [0, 0.1) is 0 Å². The zero-order chi connectivity index (χ0) is 15.0. The number of imidazole rings is 1. The van der Waals surface area contributed by atoms with Gasteiger partial charge in [-0.3, -0.25) is 0 Å². The Morgan fingerprint density at radius 3 is 2.85 bits per heavy atom. The molecule has 0 aliphatic carbocycles. The normalized spacial score (nSPS) is 10.3. The van der Waals surface area contributed by atoms with Crippen molar-refractivity contribution < 1.29 is 19.4 Å².